The third kappa shape index (κ3) is 3.74. The van der Waals surface area contributed by atoms with E-state index in [0.717, 1.165) is 18.4 Å². The fraction of sp³-hybridized carbons (Fsp3) is 0.238. The Kier molecular flexibility index (Phi) is 4.71. The van der Waals surface area contributed by atoms with Gasteiger partial charge < -0.3 is 9.32 Å². The first-order chi connectivity index (χ1) is 13.1. The van der Waals surface area contributed by atoms with E-state index in [1.807, 2.05) is 6.07 Å². The summed E-state index contributed by atoms with van der Waals surface area (Å²) in [6.07, 6.45) is 3.60. The summed E-state index contributed by atoms with van der Waals surface area (Å²) in [5.74, 6) is 0.103. The molecule has 0 bridgehead atoms. The predicted molar refractivity (Wildman–Crippen MR) is 95.1 cm³/mol. The van der Waals surface area contributed by atoms with Gasteiger partial charge in [0.2, 0.25) is 5.89 Å². The molecule has 2 heterocycles. The molecular formula is C21H18F2N2O2. The molecule has 1 atom stereocenters. The van der Waals surface area contributed by atoms with Crippen LogP contribution in [0.4, 0.5) is 8.78 Å². The number of benzene rings is 2. The average molecular weight is 368 g/mol. The molecule has 0 spiro atoms. The number of nitrogens with zero attached hydrogens (tertiary/aromatic N) is 2. The van der Waals surface area contributed by atoms with Gasteiger partial charge in [-0.3, -0.25) is 4.79 Å². The zero-order chi connectivity index (χ0) is 18.8. The number of carbonyl (C=O) groups is 1. The van der Waals surface area contributed by atoms with Crippen LogP contribution in [0.2, 0.25) is 0 Å². The molecule has 1 aromatic heterocycles. The van der Waals surface area contributed by atoms with Crippen LogP contribution in [0.15, 0.2) is 59.1 Å². The highest BCUT2D eigenvalue weighted by Gasteiger charge is 2.34. The fourth-order valence-electron chi connectivity index (χ4n) is 3.46. The van der Waals surface area contributed by atoms with E-state index >= 15 is 0 Å². The topological polar surface area (TPSA) is 46.3 Å². The van der Waals surface area contributed by atoms with Gasteiger partial charge in [0.15, 0.2) is 0 Å². The zero-order valence-corrected chi connectivity index (χ0v) is 14.6. The van der Waals surface area contributed by atoms with Crippen LogP contribution < -0.4 is 0 Å². The summed E-state index contributed by atoms with van der Waals surface area (Å²) in [5.41, 5.74) is 1.10. The number of hydrogen-bond acceptors (Lipinski definition) is 3. The summed E-state index contributed by atoms with van der Waals surface area (Å²) in [6.45, 7) is 0.571. The lowest BCUT2D eigenvalue weighted by molar-refractivity contribution is 0.0714. The number of aromatic nitrogens is 1. The van der Waals surface area contributed by atoms with Crippen molar-refractivity contribution in [2.45, 2.75) is 25.3 Å². The third-order valence-corrected chi connectivity index (χ3v) is 4.71. The second kappa shape index (κ2) is 7.31. The Hall–Kier alpha value is -3.02. The smallest absolute Gasteiger partial charge is 0.254 e. The average Bonchev–Trinajstić information content (AvgIpc) is 3.30. The number of likely N-dealkylation sites (tertiary alicyclic amines) is 1. The highest BCUT2D eigenvalue weighted by molar-refractivity contribution is 5.94. The standard InChI is InChI=1S/C21H18F2N2O2/c22-16-6-1-4-14(10-16)11-18-13-24-20(27-18)19-8-3-9-25(19)21(26)15-5-2-7-17(23)12-15/h1-2,4-7,10,12-13,19H,3,8-9,11H2/t19-/m1/s1. The van der Waals surface area contributed by atoms with Gasteiger partial charge >= 0.3 is 0 Å². The minimum Gasteiger partial charge on any atom is -0.443 e. The molecular weight excluding hydrogens is 350 g/mol. The SMILES string of the molecule is O=C(c1cccc(F)c1)N1CCC[C@@H]1c1ncc(Cc2cccc(F)c2)o1. The number of carbonyl (C=O) groups excluding carboxylic acids is 1. The van der Waals surface area contributed by atoms with Crippen LogP contribution in [0.5, 0.6) is 0 Å². The lowest BCUT2D eigenvalue weighted by atomic mass is 10.1. The zero-order valence-electron chi connectivity index (χ0n) is 14.6. The number of halogens is 2. The van der Waals surface area contributed by atoms with E-state index in [2.05, 4.69) is 4.98 Å². The van der Waals surface area contributed by atoms with Gasteiger partial charge in [-0.15, -0.1) is 0 Å². The maximum Gasteiger partial charge on any atom is 0.254 e. The normalized spacial score (nSPS) is 16.7. The van der Waals surface area contributed by atoms with Crippen molar-refractivity contribution in [3.63, 3.8) is 0 Å². The molecule has 6 heteroatoms. The number of amides is 1. The predicted octanol–water partition coefficient (Wildman–Crippen LogP) is 4.52. The Morgan fingerprint density at radius 2 is 1.93 bits per heavy atom. The monoisotopic (exact) mass is 368 g/mol. The molecule has 0 unspecified atom stereocenters. The van der Waals surface area contributed by atoms with Crippen molar-refractivity contribution in [2.75, 3.05) is 6.54 Å². The van der Waals surface area contributed by atoms with E-state index in [0.29, 0.717) is 30.2 Å². The van der Waals surface area contributed by atoms with Crippen molar-refractivity contribution in [2.24, 2.45) is 0 Å². The van der Waals surface area contributed by atoms with E-state index in [-0.39, 0.29) is 17.8 Å². The molecule has 27 heavy (non-hydrogen) atoms. The first-order valence-corrected chi connectivity index (χ1v) is 8.86. The Morgan fingerprint density at radius 1 is 1.15 bits per heavy atom. The third-order valence-electron chi connectivity index (χ3n) is 4.71. The number of rotatable bonds is 4. The fourth-order valence-corrected chi connectivity index (χ4v) is 3.46. The summed E-state index contributed by atoms with van der Waals surface area (Å²) in [6, 6.07) is 11.7. The summed E-state index contributed by atoms with van der Waals surface area (Å²) in [5, 5.41) is 0. The molecule has 1 saturated heterocycles. The van der Waals surface area contributed by atoms with E-state index < -0.39 is 5.82 Å². The second-order valence-electron chi connectivity index (χ2n) is 6.64. The summed E-state index contributed by atoms with van der Waals surface area (Å²) in [7, 11) is 0. The van der Waals surface area contributed by atoms with Crippen LogP contribution in [-0.2, 0) is 6.42 Å². The molecule has 2 aromatic carbocycles. The molecule has 0 saturated carbocycles. The van der Waals surface area contributed by atoms with Crippen LogP contribution in [0.3, 0.4) is 0 Å². The first kappa shape index (κ1) is 17.4. The number of oxazole rings is 1. The van der Waals surface area contributed by atoms with Crippen LogP contribution in [0.25, 0.3) is 0 Å². The summed E-state index contributed by atoms with van der Waals surface area (Å²) in [4.78, 5) is 18.8. The van der Waals surface area contributed by atoms with Crippen molar-refractivity contribution in [3.8, 4) is 0 Å². The van der Waals surface area contributed by atoms with Crippen LogP contribution in [0, 0.1) is 11.6 Å². The van der Waals surface area contributed by atoms with Gasteiger partial charge in [-0.25, -0.2) is 13.8 Å². The van der Waals surface area contributed by atoms with E-state index in [1.165, 1.54) is 30.3 Å². The van der Waals surface area contributed by atoms with Crippen molar-refractivity contribution in [1.82, 2.24) is 9.88 Å². The van der Waals surface area contributed by atoms with Gasteiger partial charge in [0.25, 0.3) is 5.91 Å². The molecule has 4 nitrogen and oxygen atoms in total. The van der Waals surface area contributed by atoms with E-state index in [9.17, 15) is 13.6 Å². The van der Waals surface area contributed by atoms with Crippen molar-refractivity contribution >= 4 is 5.91 Å². The molecule has 4 rings (SSSR count). The van der Waals surface area contributed by atoms with Gasteiger partial charge in [-0.05, 0) is 48.7 Å². The second-order valence-corrected chi connectivity index (χ2v) is 6.64. The molecule has 138 valence electrons. The largest absolute Gasteiger partial charge is 0.443 e. The Bertz CT molecular complexity index is 970. The molecule has 1 amide bonds. The maximum absolute atomic E-state index is 13.4. The van der Waals surface area contributed by atoms with Gasteiger partial charge in [-0.2, -0.15) is 0 Å². The van der Waals surface area contributed by atoms with Gasteiger partial charge in [-0.1, -0.05) is 18.2 Å². The Morgan fingerprint density at radius 3 is 2.70 bits per heavy atom. The highest BCUT2D eigenvalue weighted by atomic mass is 19.1. The Labute approximate surface area is 155 Å². The molecule has 0 radical (unpaired) electrons. The minimum absolute atomic E-state index is 0.234. The van der Waals surface area contributed by atoms with E-state index in [4.69, 9.17) is 4.42 Å². The van der Waals surface area contributed by atoms with Crippen LogP contribution >= 0.6 is 0 Å². The maximum atomic E-state index is 13.4. The van der Waals surface area contributed by atoms with Gasteiger partial charge in [0.1, 0.15) is 23.4 Å². The lowest BCUT2D eigenvalue weighted by Gasteiger charge is -2.22. The van der Waals surface area contributed by atoms with Crippen molar-refractivity contribution in [3.05, 3.63) is 89.1 Å². The van der Waals surface area contributed by atoms with Crippen molar-refractivity contribution < 1.29 is 18.0 Å². The molecule has 0 aliphatic carbocycles. The first-order valence-electron chi connectivity index (χ1n) is 8.86. The van der Waals surface area contributed by atoms with Gasteiger partial charge in [0, 0.05) is 18.5 Å². The van der Waals surface area contributed by atoms with Crippen molar-refractivity contribution in [1.29, 1.82) is 0 Å². The lowest BCUT2D eigenvalue weighted by Crippen LogP contribution is -2.30. The van der Waals surface area contributed by atoms with Gasteiger partial charge in [0.05, 0.1) is 6.20 Å². The molecule has 3 aromatic rings. The van der Waals surface area contributed by atoms with Crippen LogP contribution in [-0.4, -0.2) is 22.3 Å². The molecule has 0 N–H and O–H groups in total. The molecule has 1 aliphatic rings. The van der Waals surface area contributed by atoms with Crippen LogP contribution in [0.1, 0.15) is 46.5 Å². The minimum atomic E-state index is -0.440. The molecule has 1 fully saturated rings. The molecule has 1 aliphatic heterocycles. The Balaban J connectivity index is 1.52. The highest BCUT2D eigenvalue weighted by Crippen LogP contribution is 2.33. The number of hydrogen-bond donors (Lipinski definition) is 0. The quantitative estimate of drug-likeness (QED) is 0.680. The summed E-state index contributed by atoms with van der Waals surface area (Å²) < 4.78 is 32.6. The summed E-state index contributed by atoms with van der Waals surface area (Å²) >= 11 is 0. The van der Waals surface area contributed by atoms with E-state index in [1.54, 1.807) is 23.2 Å².